The highest BCUT2D eigenvalue weighted by atomic mass is 79.9. The van der Waals surface area contributed by atoms with E-state index in [0.29, 0.717) is 22.2 Å². The largest absolute Gasteiger partial charge is 0.398 e. The monoisotopic (exact) mass is 373 g/mol. The first-order chi connectivity index (χ1) is 9.51. The minimum Gasteiger partial charge on any atom is -0.398 e. The van der Waals surface area contributed by atoms with Gasteiger partial charge in [-0.05, 0) is 47.9 Å². The van der Waals surface area contributed by atoms with E-state index in [1.807, 2.05) is 24.3 Å². The van der Waals surface area contributed by atoms with E-state index in [2.05, 4.69) is 21.4 Å². The normalized spacial score (nSPS) is 12.4. The number of hydrogen-bond acceptors (Lipinski definition) is 3. The van der Waals surface area contributed by atoms with Crippen LogP contribution in [0, 0.1) is 0 Å². The summed E-state index contributed by atoms with van der Waals surface area (Å²) >= 11 is 15.5. The lowest BCUT2D eigenvalue weighted by atomic mass is 9.98. The van der Waals surface area contributed by atoms with Crippen molar-refractivity contribution in [1.82, 2.24) is 5.43 Å². The topological polar surface area (TPSA) is 64.1 Å². The second-order valence-corrected chi connectivity index (χ2v) is 6.19. The van der Waals surface area contributed by atoms with Gasteiger partial charge in [0.05, 0.1) is 6.04 Å². The van der Waals surface area contributed by atoms with Gasteiger partial charge in [0.2, 0.25) is 0 Å². The Morgan fingerprint density at radius 2 is 1.90 bits per heavy atom. The Morgan fingerprint density at radius 3 is 2.55 bits per heavy atom. The van der Waals surface area contributed by atoms with Crippen molar-refractivity contribution in [2.75, 3.05) is 5.73 Å². The molecule has 0 aliphatic carbocycles. The average Bonchev–Trinajstić information content (AvgIpc) is 2.41. The van der Waals surface area contributed by atoms with Crippen LogP contribution in [0.2, 0.25) is 10.0 Å². The Bertz CT molecular complexity index is 619. The number of nitrogens with two attached hydrogens (primary N) is 2. The molecule has 1 unspecified atom stereocenters. The van der Waals surface area contributed by atoms with Crippen LogP contribution in [0.15, 0.2) is 40.9 Å². The number of rotatable bonds is 4. The summed E-state index contributed by atoms with van der Waals surface area (Å²) in [5, 5.41) is 1.23. The summed E-state index contributed by atoms with van der Waals surface area (Å²) in [5.74, 6) is 5.66. The van der Waals surface area contributed by atoms with E-state index in [4.69, 9.17) is 34.8 Å². The molecule has 0 saturated heterocycles. The van der Waals surface area contributed by atoms with Crippen LogP contribution >= 0.6 is 39.1 Å². The van der Waals surface area contributed by atoms with Crippen LogP contribution in [-0.4, -0.2) is 0 Å². The van der Waals surface area contributed by atoms with E-state index in [0.717, 1.165) is 15.6 Å². The Labute approximate surface area is 136 Å². The van der Waals surface area contributed by atoms with E-state index < -0.39 is 0 Å². The fourth-order valence-electron chi connectivity index (χ4n) is 2.01. The Balaban J connectivity index is 2.31. The highest BCUT2D eigenvalue weighted by Gasteiger charge is 2.15. The van der Waals surface area contributed by atoms with Crippen molar-refractivity contribution in [3.63, 3.8) is 0 Å². The van der Waals surface area contributed by atoms with Gasteiger partial charge >= 0.3 is 0 Å². The van der Waals surface area contributed by atoms with Gasteiger partial charge in [-0.25, -0.2) is 0 Å². The smallest absolute Gasteiger partial charge is 0.0521 e. The fourth-order valence-corrected chi connectivity index (χ4v) is 2.88. The maximum Gasteiger partial charge on any atom is 0.0521 e. The number of halogens is 3. The first kappa shape index (κ1) is 15.6. The van der Waals surface area contributed by atoms with Crippen LogP contribution in [0.25, 0.3) is 0 Å². The molecule has 0 radical (unpaired) electrons. The van der Waals surface area contributed by atoms with Crippen molar-refractivity contribution < 1.29 is 0 Å². The van der Waals surface area contributed by atoms with Gasteiger partial charge in [0.1, 0.15) is 0 Å². The molecule has 0 heterocycles. The summed E-state index contributed by atoms with van der Waals surface area (Å²) in [5.41, 5.74) is 11.4. The first-order valence-electron chi connectivity index (χ1n) is 5.96. The van der Waals surface area contributed by atoms with Crippen LogP contribution < -0.4 is 17.0 Å². The van der Waals surface area contributed by atoms with Crippen molar-refractivity contribution in [3.8, 4) is 0 Å². The highest BCUT2D eigenvalue weighted by Crippen LogP contribution is 2.29. The molecule has 0 aromatic heterocycles. The zero-order valence-corrected chi connectivity index (χ0v) is 13.6. The molecule has 5 N–H and O–H groups in total. The van der Waals surface area contributed by atoms with Crippen molar-refractivity contribution >= 4 is 44.8 Å². The second kappa shape index (κ2) is 6.78. The second-order valence-electron chi connectivity index (χ2n) is 4.43. The highest BCUT2D eigenvalue weighted by molar-refractivity contribution is 9.10. The predicted octanol–water partition coefficient (Wildman–Crippen LogP) is 4.09. The molecule has 106 valence electrons. The van der Waals surface area contributed by atoms with Gasteiger partial charge in [-0.15, -0.1) is 0 Å². The molecule has 0 saturated carbocycles. The lowest BCUT2D eigenvalue weighted by Crippen LogP contribution is -2.30. The number of nitrogens with one attached hydrogen (secondary N) is 1. The van der Waals surface area contributed by atoms with Gasteiger partial charge in [-0.2, -0.15) is 0 Å². The summed E-state index contributed by atoms with van der Waals surface area (Å²) in [6.45, 7) is 0. The Morgan fingerprint density at radius 1 is 1.15 bits per heavy atom. The summed E-state index contributed by atoms with van der Waals surface area (Å²) in [6.07, 6.45) is 0.618. The van der Waals surface area contributed by atoms with E-state index in [9.17, 15) is 0 Å². The maximum atomic E-state index is 6.20. The summed E-state index contributed by atoms with van der Waals surface area (Å²) < 4.78 is 0.948. The van der Waals surface area contributed by atoms with Gasteiger partial charge in [-0.1, -0.05) is 45.2 Å². The van der Waals surface area contributed by atoms with Crippen molar-refractivity contribution in [3.05, 3.63) is 62.0 Å². The number of nitrogen functional groups attached to an aromatic ring is 1. The van der Waals surface area contributed by atoms with E-state index in [1.165, 1.54) is 0 Å². The van der Waals surface area contributed by atoms with Crippen LogP contribution in [0.3, 0.4) is 0 Å². The van der Waals surface area contributed by atoms with Gasteiger partial charge in [0.15, 0.2) is 0 Å². The molecular formula is C14H14BrCl2N3. The first-order valence-corrected chi connectivity index (χ1v) is 7.51. The quantitative estimate of drug-likeness (QED) is 0.429. The summed E-state index contributed by atoms with van der Waals surface area (Å²) in [7, 11) is 0. The van der Waals surface area contributed by atoms with Crippen LogP contribution in [0.5, 0.6) is 0 Å². The molecule has 2 rings (SSSR count). The molecule has 0 bridgehead atoms. The minimum atomic E-state index is -0.133. The zero-order valence-electron chi connectivity index (χ0n) is 10.5. The third-order valence-electron chi connectivity index (χ3n) is 3.06. The third-order valence-corrected chi connectivity index (χ3v) is 4.14. The SMILES string of the molecule is NNC(Cc1ccc(Cl)cc1Cl)c1cc(Br)ccc1N. The average molecular weight is 375 g/mol. The number of benzene rings is 2. The molecule has 0 fully saturated rings. The van der Waals surface area contributed by atoms with Crippen LogP contribution in [0.1, 0.15) is 17.2 Å². The molecule has 1 atom stereocenters. The van der Waals surface area contributed by atoms with Crippen molar-refractivity contribution in [2.24, 2.45) is 5.84 Å². The zero-order chi connectivity index (χ0) is 14.7. The summed E-state index contributed by atoms with van der Waals surface area (Å²) in [4.78, 5) is 0. The van der Waals surface area contributed by atoms with Gasteiger partial charge in [0.25, 0.3) is 0 Å². The molecule has 0 amide bonds. The molecular weight excluding hydrogens is 361 g/mol. The number of hydrogen-bond donors (Lipinski definition) is 3. The Kier molecular flexibility index (Phi) is 5.29. The van der Waals surface area contributed by atoms with Crippen LogP contribution in [-0.2, 0) is 6.42 Å². The Hall–Kier alpha value is -0.780. The summed E-state index contributed by atoms with van der Waals surface area (Å²) in [6, 6.07) is 11.0. The fraction of sp³-hybridized carbons (Fsp3) is 0.143. The number of hydrazine groups is 1. The third kappa shape index (κ3) is 3.65. The maximum absolute atomic E-state index is 6.20. The molecule has 0 aliphatic heterocycles. The van der Waals surface area contributed by atoms with Gasteiger partial charge < -0.3 is 5.73 Å². The molecule has 3 nitrogen and oxygen atoms in total. The molecule has 2 aromatic carbocycles. The van der Waals surface area contributed by atoms with Gasteiger partial charge in [0, 0.05) is 20.2 Å². The number of anilines is 1. The van der Waals surface area contributed by atoms with E-state index >= 15 is 0 Å². The lowest BCUT2D eigenvalue weighted by molar-refractivity contribution is 0.553. The van der Waals surface area contributed by atoms with Crippen molar-refractivity contribution in [2.45, 2.75) is 12.5 Å². The lowest BCUT2D eigenvalue weighted by Gasteiger charge is -2.19. The predicted molar refractivity (Wildman–Crippen MR) is 88.8 cm³/mol. The molecule has 0 spiro atoms. The van der Waals surface area contributed by atoms with Crippen LogP contribution in [0.4, 0.5) is 5.69 Å². The van der Waals surface area contributed by atoms with E-state index in [-0.39, 0.29) is 6.04 Å². The molecule has 20 heavy (non-hydrogen) atoms. The standard InChI is InChI=1S/C14H14BrCl2N3/c15-9-2-4-13(18)11(6-9)14(20-19)5-8-1-3-10(16)7-12(8)17/h1-4,6-7,14,20H,5,18-19H2. The van der Waals surface area contributed by atoms with Gasteiger partial charge in [-0.3, -0.25) is 11.3 Å². The minimum absolute atomic E-state index is 0.133. The van der Waals surface area contributed by atoms with Crippen molar-refractivity contribution in [1.29, 1.82) is 0 Å². The molecule has 6 heteroatoms. The molecule has 2 aromatic rings. The molecule has 0 aliphatic rings. The van der Waals surface area contributed by atoms with E-state index in [1.54, 1.807) is 12.1 Å².